The molecule has 2 N–H and O–H groups in total. The van der Waals surface area contributed by atoms with Gasteiger partial charge in [0.1, 0.15) is 5.54 Å². The molecule has 1 aromatic carbocycles. The second kappa shape index (κ2) is 8.26. The van der Waals surface area contributed by atoms with Crippen LogP contribution >= 0.6 is 0 Å². The summed E-state index contributed by atoms with van der Waals surface area (Å²) >= 11 is 0. The van der Waals surface area contributed by atoms with Crippen molar-refractivity contribution in [3.05, 3.63) is 48.4 Å². The number of esters is 1. The Balaban J connectivity index is 2.13. The minimum atomic E-state index is -1.18. The number of furan rings is 1. The highest BCUT2D eigenvalue weighted by molar-refractivity contribution is 6.09. The van der Waals surface area contributed by atoms with Gasteiger partial charge in [-0.05, 0) is 56.3 Å². The summed E-state index contributed by atoms with van der Waals surface area (Å²) in [5, 5.41) is 5.91. The summed E-state index contributed by atoms with van der Waals surface area (Å²) in [5.74, 6) is -1.05. The average molecular weight is 385 g/mol. The van der Waals surface area contributed by atoms with Gasteiger partial charge in [-0.3, -0.25) is 14.5 Å². The summed E-state index contributed by atoms with van der Waals surface area (Å²) < 4.78 is 10.4. The molecule has 2 aromatic rings. The maximum absolute atomic E-state index is 13.4. The van der Waals surface area contributed by atoms with Crippen LogP contribution in [-0.2, 0) is 14.3 Å². The SMILES string of the molecule is COC(=O)C1(N(C(=O)c2ccco2)c2cccc(NC(C)=O)c2)CCNCC1. The number of hydrogen-bond acceptors (Lipinski definition) is 6. The van der Waals surface area contributed by atoms with Crippen molar-refractivity contribution in [2.24, 2.45) is 0 Å². The van der Waals surface area contributed by atoms with Gasteiger partial charge in [0.2, 0.25) is 5.91 Å². The fraction of sp³-hybridized carbons (Fsp3) is 0.350. The zero-order chi connectivity index (χ0) is 20.1. The van der Waals surface area contributed by atoms with Gasteiger partial charge in [0.05, 0.1) is 13.4 Å². The Morgan fingerprint density at radius 1 is 1.18 bits per heavy atom. The predicted octanol–water partition coefficient (Wildman–Crippen LogP) is 2.18. The molecule has 148 valence electrons. The quantitative estimate of drug-likeness (QED) is 0.765. The second-order valence-corrected chi connectivity index (χ2v) is 6.62. The van der Waals surface area contributed by atoms with Crippen LogP contribution in [-0.4, -0.2) is 43.5 Å². The molecule has 0 radical (unpaired) electrons. The van der Waals surface area contributed by atoms with E-state index in [0.29, 0.717) is 37.3 Å². The van der Waals surface area contributed by atoms with Crippen molar-refractivity contribution >= 4 is 29.2 Å². The molecule has 3 rings (SSSR count). The van der Waals surface area contributed by atoms with Gasteiger partial charge in [0.15, 0.2) is 5.76 Å². The molecule has 8 heteroatoms. The van der Waals surface area contributed by atoms with E-state index in [4.69, 9.17) is 9.15 Å². The lowest BCUT2D eigenvalue weighted by Crippen LogP contribution is -2.62. The number of anilines is 2. The lowest BCUT2D eigenvalue weighted by atomic mass is 9.85. The van der Waals surface area contributed by atoms with E-state index in [-0.39, 0.29) is 11.7 Å². The van der Waals surface area contributed by atoms with E-state index in [1.165, 1.54) is 25.2 Å². The van der Waals surface area contributed by atoms with E-state index in [0.717, 1.165) is 0 Å². The number of amides is 2. The Kier molecular flexibility index (Phi) is 5.79. The molecule has 1 aliphatic rings. The Labute approximate surface area is 162 Å². The van der Waals surface area contributed by atoms with Gasteiger partial charge in [0.25, 0.3) is 5.91 Å². The number of ether oxygens (including phenoxy) is 1. The lowest BCUT2D eigenvalue weighted by Gasteiger charge is -2.43. The average Bonchev–Trinajstić information content (AvgIpc) is 3.23. The van der Waals surface area contributed by atoms with E-state index in [1.807, 2.05) is 0 Å². The molecule has 1 aromatic heterocycles. The summed E-state index contributed by atoms with van der Waals surface area (Å²) in [5.41, 5.74) is -0.185. The molecule has 2 amide bonds. The standard InChI is InChI=1S/C20H23N3O5/c1-14(24)22-15-5-3-6-16(13-15)23(18(25)17-7-4-12-28-17)20(19(26)27-2)8-10-21-11-9-20/h3-7,12-13,21H,8-11H2,1-2H3,(H,22,24). The van der Waals surface area contributed by atoms with Crippen LogP contribution in [0, 0.1) is 0 Å². The van der Waals surface area contributed by atoms with Crippen LogP contribution in [0.4, 0.5) is 11.4 Å². The lowest BCUT2D eigenvalue weighted by molar-refractivity contribution is -0.148. The van der Waals surface area contributed by atoms with Gasteiger partial charge >= 0.3 is 5.97 Å². The number of nitrogens with zero attached hydrogens (tertiary/aromatic N) is 1. The van der Waals surface area contributed by atoms with E-state index in [9.17, 15) is 14.4 Å². The monoisotopic (exact) mass is 385 g/mol. The third-order valence-corrected chi connectivity index (χ3v) is 4.78. The molecule has 0 aliphatic carbocycles. The van der Waals surface area contributed by atoms with Crippen molar-refractivity contribution in [3.63, 3.8) is 0 Å². The first-order valence-electron chi connectivity index (χ1n) is 9.03. The molecule has 0 spiro atoms. The number of benzene rings is 1. The Bertz CT molecular complexity index is 856. The van der Waals surface area contributed by atoms with Crippen LogP contribution in [0.3, 0.4) is 0 Å². The normalized spacial score (nSPS) is 15.5. The molecule has 1 saturated heterocycles. The first kappa shape index (κ1) is 19.6. The summed E-state index contributed by atoms with van der Waals surface area (Å²) in [6.07, 6.45) is 2.18. The van der Waals surface area contributed by atoms with Crippen molar-refractivity contribution in [3.8, 4) is 0 Å². The van der Waals surface area contributed by atoms with Crippen LogP contribution in [0.5, 0.6) is 0 Å². The highest BCUT2D eigenvalue weighted by Gasteiger charge is 2.49. The van der Waals surface area contributed by atoms with Crippen LogP contribution in [0.25, 0.3) is 0 Å². The van der Waals surface area contributed by atoms with Crippen molar-refractivity contribution in [1.29, 1.82) is 0 Å². The van der Waals surface area contributed by atoms with Crippen LogP contribution in [0.1, 0.15) is 30.3 Å². The smallest absolute Gasteiger partial charge is 0.332 e. The number of carbonyl (C=O) groups is 3. The van der Waals surface area contributed by atoms with E-state index >= 15 is 0 Å². The molecular weight excluding hydrogens is 362 g/mol. The molecule has 0 saturated carbocycles. The highest BCUT2D eigenvalue weighted by atomic mass is 16.5. The Morgan fingerprint density at radius 3 is 2.54 bits per heavy atom. The summed E-state index contributed by atoms with van der Waals surface area (Å²) in [6.45, 7) is 2.52. The topological polar surface area (TPSA) is 101 Å². The van der Waals surface area contributed by atoms with Gasteiger partial charge in [-0.1, -0.05) is 6.07 Å². The predicted molar refractivity (Wildman–Crippen MR) is 103 cm³/mol. The van der Waals surface area contributed by atoms with Crippen molar-refractivity contribution < 1.29 is 23.5 Å². The van der Waals surface area contributed by atoms with Gasteiger partial charge < -0.3 is 19.8 Å². The molecule has 2 heterocycles. The largest absolute Gasteiger partial charge is 0.467 e. The fourth-order valence-electron chi connectivity index (χ4n) is 3.54. The number of carbonyl (C=O) groups excluding carboxylic acids is 3. The van der Waals surface area contributed by atoms with Crippen LogP contribution in [0.15, 0.2) is 47.1 Å². The Hall–Kier alpha value is -3.13. The first-order chi connectivity index (χ1) is 13.5. The Morgan fingerprint density at radius 2 is 1.93 bits per heavy atom. The summed E-state index contributed by atoms with van der Waals surface area (Å²) in [7, 11) is 1.31. The maximum atomic E-state index is 13.4. The number of rotatable bonds is 5. The van der Waals surface area contributed by atoms with Crippen LogP contribution < -0.4 is 15.5 Å². The van der Waals surface area contributed by atoms with Crippen LogP contribution in [0.2, 0.25) is 0 Å². The minimum absolute atomic E-state index is 0.117. The number of methoxy groups -OCH3 is 1. The summed E-state index contributed by atoms with van der Waals surface area (Å²) in [6, 6.07) is 9.99. The summed E-state index contributed by atoms with van der Waals surface area (Å²) in [4.78, 5) is 39.2. The second-order valence-electron chi connectivity index (χ2n) is 6.62. The van der Waals surface area contributed by atoms with Crippen molar-refractivity contribution in [2.45, 2.75) is 25.3 Å². The number of nitrogens with one attached hydrogen (secondary N) is 2. The van der Waals surface area contributed by atoms with Crippen molar-refractivity contribution in [2.75, 3.05) is 30.4 Å². The van der Waals surface area contributed by atoms with E-state index < -0.39 is 17.4 Å². The molecule has 0 bridgehead atoms. The van der Waals surface area contributed by atoms with E-state index in [2.05, 4.69) is 10.6 Å². The molecular formula is C20H23N3O5. The molecule has 28 heavy (non-hydrogen) atoms. The zero-order valence-corrected chi connectivity index (χ0v) is 15.9. The third kappa shape index (κ3) is 3.77. The third-order valence-electron chi connectivity index (χ3n) is 4.78. The number of piperidine rings is 1. The molecule has 0 atom stereocenters. The van der Waals surface area contributed by atoms with Gasteiger partial charge in [-0.15, -0.1) is 0 Å². The molecule has 1 fully saturated rings. The zero-order valence-electron chi connectivity index (χ0n) is 15.9. The van der Waals surface area contributed by atoms with E-state index in [1.54, 1.807) is 36.4 Å². The highest BCUT2D eigenvalue weighted by Crippen LogP contribution is 2.35. The van der Waals surface area contributed by atoms with Gasteiger partial charge in [-0.2, -0.15) is 0 Å². The molecule has 8 nitrogen and oxygen atoms in total. The molecule has 1 aliphatic heterocycles. The number of hydrogen-bond donors (Lipinski definition) is 2. The van der Waals surface area contributed by atoms with Crippen molar-refractivity contribution in [1.82, 2.24) is 5.32 Å². The van der Waals surface area contributed by atoms with Gasteiger partial charge in [0, 0.05) is 18.3 Å². The first-order valence-corrected chi connectivity index (χ1v) is 9.03. The maximum Gasteiger partial charge on any atom is 0.332 e. The molecule has 0 unspecified atom stereocenters. The fourth-order valence-corrected chi connectivity index (χ4v) is 3.54. The minimum Gasteiger partial charge on any atom is -0.467 e. The van der Waals surface area contributed by atoms with Gasteiger partial charge in [-0.25, -0.2) is 4.79 Å².